The van der Waals surface area contributed by atoms with Crippen molar-refractivity contribution in [1.29, 1.82) is 0 Å². The van der Waals surface area contributed by atoms with Crippen molar-refractivity contribution in [3.8, 4) is 10.4 Å². The molecule has 1 N–H and O–H groups in total. The van der Waals surface area contributed by atoms with Gasteiger partial charge in [-0.3, -0.25) is 19.9 Å². The summed E-state index contributed by atoms with van der Waals surface area (Å²) in [6.07, 6.45) is 12.7. The van der Waals surface area contributed by atoms with Gasteiger partial charge in [0.2, 0.25) is 11.9 Å². The molecule has 0 radical (unpaired) electrons. The first-order valence-electron chi connectivity index (χ1n) is 13.1. The molecule has 7 rings (SSSR count). The number of amides is 2. The van der Waals surface area contributed by atoms with Gasteiger partial charge in [0.25, 0.3) is 5.91 Å². The molecule has 1 aliphatic heterocycles. The van der Waals surface area contributed by atoms with Crippen molar-refractivity contribution in [2.45, 2.75) is 31.7 Å². The summed E-state index contributed by atoms with van der Waals surface area (Å²) in [5.41, 5.74) is 4.25. The molecular weight excluding hydrogens is 513 g/mol. The number of pyridine rings is 1. The number of benzene rings is 1. The van der Waals surface area contributed by atoms with Crippen LogP contribution < -0.4 is 5.32 Å². The van der Waals surface area contributed by atoms with E-state index < -0.39 is 0 Å². The first-order chi connectivity index (χ1) is 18.9. The van der Waals surface area contributed by atoms with Crippen molar-refractivity contribution in [3.05, 3.63) is 83.3 Å². The summed E-state index contributed by atoms with van der Waals surface area (Å²) < 4.78 is 16.9. The summed E-state index contributed by atoms with van der Waals surface area (Å²) in [4.78, 5) is 37.9. The van der Waals surface area contributed by atoms with Crippen molar-refractivity contribution in [1.82, 2.24) is 19.4 Å². The zero-order valence-corrected chi connectivity index (χ0v) is 22.0. The highest BCUT2D eigenvalue weighted by molar-refractivity contribution is 7.17. The first kappa shape index (κ1) is 24.0. The Labute approximate surface area is 228 Å². The minimum Gasteiger partial charge on any atom is -0.339 e. The van der Waals surface area contributed by atoms with Gasteiger partial charge in [0.15, 0.2) is 0 Å². The van der Waals surface area contributed by atoms with Gasteiger partial charge >= 0.3 is 0 Å². The molecule has 2 aliphatic carbocycles. The maximum Gasteiger partial charge on any atom is 0.268 e. The van der Waals surface area contributed by atoms with Crippen LogP contribution in [0.1, 0.15) is 46.1 Å². The highest BCUT2D eigenvalue weighted by Crippen LogP contribution is 2.55. The highest BCUT2D eigenvalue weighted by atomic mass is 32.1. The lowest BCUT2D eigenvalue weighted by molar-refractivity contribution is -0.125. The minimum atomic E-state index is -0.367. The Morgan fingerprint density at radius 1 is 1.21 bits per heavy atom. The number of nitrogens with one attached hydrogen (secondary N) is 1. The molecule has 4 aromatic rings. The Morgan fingerprint density at radius 3 is 2.92 bits per heavy atom. The second kappa shape index (κ2) is 8.98. The fraction of sp³-hybridized carbons (Fsp3) is 0.267. The van der Waals surface area contributed by atoms with Crippen LogP contribution in [-0.2, 0) is 11.2 Å². The van der Waals surface area contributed by atoms with E-state index in [1.54, 1.807) is 12.1 Å². The number of hydrogen-bond acceptors (Lipinski definition) is 5. The van der Waals surface area contributed by atoms with Crippen LogP contribution in [0.4, 0.5) is 10.3 Å². The molecule has 0 unspecified atom stereocenters. The van der Waals surface area contributed by atoms with E-state index in [1.807, 2.05) is 34.0 Å². The van der Waals surface area contributed by atoms with Crippen LogP contribution in [0.15, 0.2) is 61.5 Å². The first-order valence-corrected chi connectivity index (χ1v) is 13.9. The number of fused-ring (bicyclic) bond motifs is 2. The van der Waals surface area contributed by atoms with Gasteiger partial charge in [-0.25, -0.2) is 9.37 Å². The lowest BCUT2D eigenvalue weighted by Gasteiger charge is -2.46. The molecule has 2 fully saturated rings. The molecule has 1 saturated heterocycles. The maximum absolute atomic E-state index is 15.1. The van der Waals surface area contributed by atoms with Crippen LogP contribution in [0, 0.1) is 11.2 Å². The largest absolute Gasteiger partial charge is 0.339 e. The third-order valence-corrected chi connectivity index (χ3v) is 9.42. The summed E-state index contributed by atoms with van der Waals surface area (Å²) in [5, 5.41) is 2.97. The maximum atomic E-state index is 15.1. The Balaban J connectivity index is 1.16. The van der Waals surface area contributed by atoms with Crippen molar-refractivity contribution >= 4 is 46.2 Å². The second-order valence-electron chi connectivity index (χ2n) is 10.7. The SMILES string of the molecule is C=CC(=O)N1CCC2(CC(n3c(NC(=O)c4ccc(-c5cncc6c5C=CC6)s4)nc4cccc(F)c43)C2)C1. The molecule has 3 aromatic heterocycles. The number of allylic oxidation sites excluding steroid dienone is 1. The van der Waals surface area contributed by atoms with Crippen molar-refractivity contribution in [2.24, 2.45) is 5.41 Å². The molecule has 1 aromatic carbocycles. The predicted octanol–water partition coefficient (Wildman–Crippen LogP) is 5.86. The molecule has 3 aliphatic rings. The van der Waals surface area contributed by atoms with Gasteiger partial charge in [0.1, 0.15) is 11.3 Å². The molecule has 1 saturated carbocycles. The Morgan fingerprint density at radius 2 is 2.08 bits per heavy atom. The summed E-state index contributed by atoms with van der Waals surface area (Å²) in [6, 6.07) is 8.54. The van der Waals surface area contributed by atoms with E-state index in [0.29, 0.717) is 34.9 Å². The Bertz CT molecular complexity index is 1700. The fourth-order valence-corrected chi connectivity index (χ4v) is 7.32. The van der Waals surface area contributed by atoms with Crippen LogP contribution in [-0.4, -0.2) is 44.3 Å². The number of carbonyl (C=O) groups is 2. The monoisotopic (exact) mass is 539 g/mol. The summed E-state index contributed by atoms with van der Waals surface area (Å²) in [5.74, 6) is -0.354. The van der Waals surface area contributed by atoms with Crippen LogP contribution >= 0.6 is 11.3 Å². The highest BCUT2D eigenvalue weighted by Gasteiger charge is 2.50. The molecule has 4 heterocycles. The van der Waals surface area contributed by atoms with E-state index in [1.165, 1.54) is 29.0 Å². The van der Waals surface area contributed by atoms with Gasteiger partial charge in [-0.1, -0.05) is 24.8 Å². The number of carbonyl (C=O) groups excluding carboxylic acids is 2. The number of nitrogens with zero attached hydrogens (tertiary/aromatic N) is 4. The smallest absolute Gasteiger partial charge is 0.268 e. The summed E-state index contributed by atoms with van der Waals surface area (Å²) in [6.45, 7) is 4.99. The van der Waals surface area contributed by atoms with Gasteiger partial charge in [0, 0.05) is 42.0 Å². The molecule has 0 bridgehead atoms. The zero-order chi connectivity index (χ0) is 26.7. The molecule has 2 amide bonds. The topological polar surface area (TPSA) is 80.1 Å². The number of halogens is 1. The van der Waals surface area contributed by atoms with Crippen LogP contribution in [0.3, 0.4) is 0 Å². The van der Waals surface area contributed by atoms with Crippen molar-refractivity contribution in [3.63, 3.8) is 0 Å². The summed E-state index contributed by atoms with van der Waals surface area (Å²) >= 11 is 1.40. The van der Waals surface area contributed by atoms with E-state index in [9.17, 15) is 9.59 Å². The lowest BCUT2D eigenvalue weighted by Crippen LogP contribution is -2.42. The third kappa shape index (κ3) is 3.91. The number of rotatable bonds is 5. The normalized spacial score (nSPS) is 21.4. The number of anilines is 1. The molecule has 1 spiro atoms. The van der Waals surface area contributed by atoms with E-state index in [0.717, 1.165) is 41.7 Å². The third-order valence-electron chi connectivity index (χ3n) is 8.30. The Hall–Kier alpha value is -4.11. The van der Waals surface area contributed by atoms with E-state index >= 15 is 4.39 Å². The fourth-order valence-electron chi connectivity index (χ4n) is 6.40. The molecule has 9 heteroatoms. The molecule has 196 valence electrons. The van der Waals surface area contributed by atoms with Gasteiger partial charge in [-0.2, -0.15) is 0 Å². The summed E-state index contributed by atoms with van der Waals surface area (Å²) in [7, 11) is 0. The van der Waals surface area contributed by atoms with Crippen molar-refractivity contribution < 1.29 is 14.0 Å². The number of para-hydroxylation sites is 1. The van der Waals surface area contributed by atoms with Crippen LogP contribution in [0.25, 0.3) is 27.6 Å². The van der Waals surface area contributed by atoms with Crippen LogP contribution in [0.2, 0.25) is 0 Å². The van der Waals surface area contributed by atoms with E-state index in [4.69, 9.17) is 0 Å². The predicted molar refractivity (Wildman–Crippen MR) is 150 cm³/mol. The van der Waals surface area contributed by atoms with E-state index in [2.05, 4.69) is 34.0 Å². The minimum absolute atomic E-state index is 0.00748. The number of likely N-dealkylation sites (tertiary alicyclic amines) is 1. The number of imidazole rings is 1. The van der Waals surface area contributed by atoms with Gasteiger partial charge in [-0.05, 0) is 72.6 Å². The number of hydrogen-bond donors (Lipinski definition) is 1. The standard InChI is InChI=1S/C30H26FN5O2S/c1-2-26(37)35-12-11-30(17-35)13-19(14-30)36-27-22(31)7-4-8-23(27)33-29(36)34-28(38)25-10-9-24(39-25)21-16-32-15-18-5-3-6-20(18)21/h2-4,6-10,15-16,19H,1,5,11-14,17H2,(H,33,34,38). The van der Waals surface area contributed by atoms with E-state index in [-0.39, 0.29) is 29.1 Å². The zero-order valence-electron chi connectivity index (χ0n) is 21.2. The molecule has 39 heavy (non-hydrogen) atoms. The molecule has 0 atom stereocenters. The second-order valence-corrected chi connectivity index (χ2v) is 11.8. The number of thiophene rings is 1. The van der Waals surface area contributed by atoms with Crippen molar-refractivity contribution in [2.75, 3.05) is 18.4 Å². The Kier molecular flexibility index (Phi) is 5.52. The molecule has 7 nitrogen and oxygen atoms in total. The average Bonchev–Trinajstić information content (AvgIpc) is 3.71. The average molecular weight is 540 g/mol. The quantitative estimate of drug-likeness (QED) is 0.322. The number of aromatic nitrogens is 3. The van der Waals surface area contributed by atoms with Gasteiger partial charge in [-0.15, -0.1) is 11.3 Å². The van der Waals surface area contributed by atoms with Gasteiger partial charge in [0.05, 0.1) is 10.4 Å². The molecular formula is C30H26FN5O2S. The van der Waals surface area contributed by atoms with Gasteiger partial charge < -0.3 is 9.47 Å². The lowest BCUT2D eigenvalue weighted by atomic mass is 9.64. The van der Waals surface area contributed by atoms with Crippen LogP contribution in [0.5, 0.6) is 0 Å².